The fourth-order valence-electron chi connectivity index (χ4n) is 2.19. The van der Waals surface area contributed by atoms with Crippen LogP contribution in [-0.4, -0.2) is 17.5 Å². The number of ether oxygens (including phenoxy) is 1. The minimum absolute atomic E-state index is 0.296. The maximum atomic E-state index is 13.5. The molecule has 21 heavy (non-hydrogen) atoms. The van der Waals surface area contributed by atoms with Gasteiger partial charge in [0.05, 0.1) is 12.8 Å². The van der Waals surface area contributed by atoms with Crippen LogP contribution in [0, 0.1) is 11.6 Å². The van der Waals surface area contributed by atoms with E-state index in [4.69, 9.17) is 4.74 Å². The van der Waals surface area contributed by atoms with E-state index >= 15 is 0 Å². The summed E-state index contributed by atoms with van der Waals surface area (Å²) in [7, 11) is 0. The molecule has 0 saturated heterocycles. The standard InChI is InChI=1S/C15H12F2N2O2/c16-11-7-12(17)14(18-8-11)19-15(20)10-3-4-13-9(6-10)2-1-5-21-13/h3-4,6-8H,1-2,5H2,(H,18,19,20). The van der Waals surface area contributed by atoms with Crippen LogP contribution in [0.25, 0.3) is 0 Å². The fraction of sp³-hybridized carbons (Fsp3) is 0.200. The second kappa shape index (κ2) is 5.47. The second-order valence-electron chi connectivity index (χ2n) is 4.71. The number of anilines is 1. The normalized spacial score (nSPS) is 13.2. The van der Waals surface area contributed by atoms with Crippen molar-refractivity contribution in [3.05, 3.63) is 53.2 Å². The van der Waals surface area contributed by atoms with Crippen molar-refractivity contribution in [3.63, 3.8) is 0 Å². The molecule has 1 aliphatic rings. The highest BCUT2D eigenvalue weighted by molar-refractivity contribution is 6.04. The van der Waals surface area contributed by atoms with Gasteiger partial charge in [0.25, 0.3) is 5.91 Å². The number of carbonyl (C=O) groups excluding carboxylic acids is 1. The zero-order valence-electron chi connectivity index (χ0n) is 11.0. The van der Waals surface area contributed by atoms with E-state index in [-0.39, 0.29) is 5.82 Å². The van der Waals surface area contributed by atoms with E-state index in [2.05, 4.69) is 10.3 Å². The average Bonchev–Trinajstić information content (AvgIpc) is 2.49. The third kappa shape index (κ3) is 2.84. The Labute approximate surface area is 119 Å². The Hall–Kier alpha value is -2.50. The summed E-state index contributed by atoms with van der Waals surface area (Å²) in [5, 5.41) is 2.33. The van der Waals surface area contributed by atoms with Crippen LogP contribution >= 0.6 is 0 Å². The Morgan fingerprint density at radius 3 is 2.95 bits per heavy atom. The van der Waals surface area contributed by atoms with Gasteiger partial charge < -0.3 is 10.1 Å². The van der Waals surface area contributed by atoms with Crippen molar-refractivity contribution >= 4 is 11.7 Å². The van der Waals surface area contributed by atoms with Crippen LogP contribution in [-0.2, 0) is 6.42 Å². The Morgan fingerprint density at radius 2 is 2.14 bits per heavy atom. The number of nitrogens with zero attached hydrogens (tertiary/aromatic N) is 1. The van der Waals surface area contributed by atoms with Gasteiger partial charge in [-0.15, -0.1) is 0 Å². The predicted molar refractivity (Wildman–Crippen MR) is 72.4 cm³/mol. The number of rotatable bonds is 2. The van der Waals surface area contributed by atoms with Crippen LogP contribution in [0.15, 0.2) is 30.5 Å². The van der Waals surface area contributed by atoms with Crippen LogP contribution in [0.3, 0.4) is 0 Å². The first-order chi connectivity index (χ1) is 10.1. The topological polar surface area (TPSA) is 51.2 Å². The van der Waals surface area contributed by atoms with Crippen molar-refractivity contribution in [1.82, 2.24) is 4.98 Å². The Balaban J connectivity index is 1.82. The number of fused-ring (bicyclic) bond motifs is 1. The molecule has 0 spiro atoms. The number of hydrogen-bond acceptors (Lipinski definition) is 3. The van der Waals surface area contributed by atoms with Gasteiger partial charge in [-0.25, -0.2) is 13.8 Å². The SMILES string of the molecule is O=C(Nc1ncc(F)cc1F)c1ccc2c(c1)CCCO2. The van der Waals surface area contributed by atoms with E-state index in [0.29, 0.717) is 18.2 Å². The molecule has 1 aromatic heterocycles. The highest BCUT2D eigenvalue weighted by Gasteiger charge is 2.15. The van der Waals surface area contributed by atoms with Crippen LogP contribution < -0.4 is 10.1 Å². The highest BCUT2D eigenvalue weighted by atomic mass is 19.1. The maximum absolute atomic E-state index is 13.5. The van der Waals surface area contributed by atoms with Crippen molar-refractivity contribution < 1.29 is 18.3 Å². The summed E-state index contributed by atoms with van der Waals surface area (Å²) in [6, 6.07) is 5.70. The number of amides is 1. The molecule has 0 bridgehead atoms. The monoisotopic (exact) mass is 290 g/mol. The summed E-state index contributed by atoms with van der Waals surface area (Å²) in [5.41, 5.74) is 1.33. The molecule has 0 fully saturated rings. The van der Waals surface area contributed by atoms with Crippen LogP contribution in [0.1, 0.15) is 22.3 Å². The number of halogens is 2. The van der Waals surface area contributed by atoms with Gasteiger partial charge in [-0.1, -0.05) is 0 Å². The maximum Gasteiger partial charge on any atom is 0.256 e. The number of hydrogen-bond donors (Lipinski definition) is 1. The van der Waals surface area contributed by atoms with E-state index in [1.165, 1.54) is 0 Å². The third-order valence-corrected chi connectivity index (χ3v) is 3.21. The molecule has 0 saturated carbocycles. The quantitative estimate of drug-likeness (QED) is 0.925. The molecule has 1 aliphatic heterocycles. The van der Waals surface area contributed by atoms with Gasteiger partial charge in [-0.05, 0) is 36.6 Å². The largest absolute Gasteiger partial charge is 0.493 e. The molecule has 4 nitrogen and oxygen atoms in total. The number of aromatic nitrogens is 1. The number of carbonyl (C=O) groups is 1. The molecule has 0 radical (unpaired) electrons. The number of benzene rings is 1. The van der Waals surface area contributed by atoms with Crippen molar-refractivity contribution in [2.24, 2.45) is 0 Å². The molecule has 2 heterocycles. The molecule has 1 N–H and O–H groups in total. The van der Waals surface area contributed by atoms with E-state index in [1.54, 1.807) is 18.2 Å². The van der Waals surface area contributed by atoms with Crippen LogP contribution in [0.4, 0.5) is 14.6 Å². The molecule has 0 atom stereocenters. The fourth-order valence-corrected chi connectivity index (χ4v) is 2.19. The smallest absolute Gasteiger partial charge is 0.256 e. The number of nitrogens with one attached hydrogen (secondary N) is 1. The molecule has 0 unspecified atom stereocenters. The number of aryl methyl sites for hydroxylation is 1. The van der Waals surface area contributed by atoms with Crippen molar-refractivity contribution in [1.29, 1.82) is 0 Å². The molecular weight excluding hydrogens is 278 g/mol. The molecule has 1 amide bonds. The lowest BCUT2D eigenvalue weighted by Gasteiger charge is -2.17. The number of pyridine rings is 1. The van der Waals surface area contributed by atoms with Crippen molar-refractivity contribution in [2.75, 3.05) is 11.9 Å². The first-order valence-electron chi connectivity index (χ1n) is 6.51. The van der Waals surface area contributed by atoms with Gasteiger partial charge in [0.15, 0.2) is 11.6 Å². The van der Waals surface area contributed by atoms with Gasteiger partial charge in [-0.2, -0.15) is 0 Å². The molecule has 1 aromatic carbocycles. The summed E-state index contributed by atoms with van der Waals surface area (Å²) in [5.74, 6) is -1.73. The first kappa shape index (κ1) is 13.5. The van der Waals surface area contributed by atoms with E-state index in [0.717, 1.165) is 30.4 Å². The lowest BCUT2D eigenvalue weighted by atomic mass is 10.0. The van der Waals surface area contributed by atoms with Crippen LogP contribution in [0.5, 0.6) is 5.75 Å². The Bertz CT molecular complexity index is 704. The van der Waals surface area contributed by atoms with Gasteiger partial charge in [0.1, 0.15) is 11.6 Å². The van der Waals surface area contributed by atoms with E-state index in [9.17, 15) is 13.6 Å². The van der Waals surface area contributed by atoms with Gasteiger partial charge in [0, 0.05) is 11.6 Å². The molecule has 3 rings (SSSR count). The molecule has 108 valence electrons. The summed E-state index contributed by atoms with van der Waals surface area (Å²) < 4.78 is 31.7. The summed E-state index contributed by atoms with van der Waals surface area (Å²) in [6.45, 7) is 0.670. The van der Waals surface area contributed by atoms with Crippen molar-refractivity contribution in [3.8, 4) is 5.75 Å². The Morgan fingerprint density at radius 1 is 1.29 bits per heavy atom. The highest BCUT2D eigenvalue weighted by Crippen LogP contribution is 2.26. The lowest BCUT2D eigenvalue weighted by molar-refractivity contribution is 0.102. The van der Waals surface area contributed by atoms with Gasteiger partial charge in [0.2, 0.25) is 0 Å². The summed E-state index contributed by atoms with van der Waals surface area (Å²) in [4.78, 5) is 15.6. The third-order valence-electron chi connectivity index (χ3n) is 3.21. The van der Waals surface area contributed by atoms with Gasteiger partial charge in [-0.3, -0.25) is 4.79 Å². The molecule has 0 aliphatic carbocycles. The Kier molecular flexibility index (Phi) is 3.51. The summed E-state index contributed by atoms with van der Waals surface area (Å²) in [6.07, 6.45) is 2.57. The molecule has 6 heteroatoms. The first-order valence-corrected chi connectivity index (χ1v) is 6.51. The lowest BCUT2D eigenvalue weighted by Crippen LogP contribution is -2.16. The van der Waals surface area contributed by atoms with Crippen LogP contribution in [0.2, 0.25) is 0 Å². The predicted octanol–water partition coefficient (Wildman–Crippen LogP) is 2.94. The minimum Gasteiger partial charge on any atom is -0.493 e. The molecule has 2 aromatic rings. The zero-order valence-corrected chi connectivity index (χ0v) is 11.0. The van der Waals surface area contributed by atoms with E-state index in [1.807, 2.05) is 0 Å². The second-order valence-corrected chi connectivity index (χ2v) is 4.71. The zero-order chi connectivity index (χ0) is 14.8. The minimum atomic E-state index is -0.912. The molecular formula is C15H12F2N2O2. The summed E-state index contributed by atoms with van der Waals surface area (Å²) >= 11 is 0. The van der Waals surface area contributed by atoms with E-state index < -0.39 is 17.5 Å². The van der Waals surface area contributed by atoms with Crippen molar-refractivity contribution in [2.45, 2.75) is 12.8 Å². The van der Waals surface area contributed by atoms with Gasteiger partial charge >= 0.3 is 0 Å². The average molecular weight is 290 g/mol.